The van der Waals surface area contributed by atoms with Gasteiger partial charge in [-0.25, -0.2) is 8.42 Å². The molecule has 2 aliphatic heterocycles. The van der Waals surface area contributed by atoms with Crippen molar-refractivity contribution in [3.05, 3.63) is 53.6 Å². The molecule has 2 heterocycles. The maximum atomic E-state index is 12.7. The minimum Gasteiger partial charge on any atom is -0.352 e. The lowest BCUT2D eigenvalue weighted by molar-refractivity contribution is 0.0953. The van der Waals surface area contributed by atoms with Crippen molar-refractivity contribution in [2.24, 2.45) is 4.40 Å². The molecule has 0 radical (unpaired) electrons. The van der Waals surface area contributed by atoms with Crippen molar-refractivity contribution in [2.75, 3.05) is 29.1 Å². The summed E-state index contributed by atoms with van der Waals surface area (Å²) in [5, 5.41) is 6.04. The summed E-state index contributed by atoms with van der Waals surface area (Å²) in [7, 11) is -3.42. The summed E-state index contributed by atoms with van der Waals surface area (Å²) in [4.78, 5) is 27.3. The topological polar surface area (TPSA) is 108 Å². The monoisotopic (exact) mass is 444 g/mol. The van der Waals surface area contributed by atoms with E-state index < -0.39 is 10.0 Å². The summed E-state index contributed by atoms with van der Waals surface area (Å²) in [6, 6.07) is 11.9. The molecule has 2 aromatic rings. The lowest BCUT2D eigenvalue weighted by Gasteiger charge is -2.22. The molecule has 2 aliphatic rings. The lowest BCUT2D eigenvalue weighted by Crippen LogP contribution is -2.35. The number of amidine groups is 1. The Kier molecular flexibility index (Phi) is 5.52. The van der Waals surface area contributed by atoms with Gasteiger partial charge < -0.3 is 15.5 Å². The van der Waals surface area contributed by atoms with Gasteiger partial charge in [0.2, 0.25) is 0 Å². The molecule has 0 spiro atoms. The molecule has 0 aliphatic carbocycles. The van der Waals surface area contributed by atoms with Gasteiger partial charge in [0.25, 0.3) is 21.8 Å². The van der Waals surface area contributed by atoms with Gasteiger partial charge in [-0.3, -0.25) is 9.59 Å². The van der Waals surface area contributed by atoms with Gasteiger partial charge >= 0.3 is 0 Å². The number of benzene rings is 2. The van der Waals surface area contributed by atoms with Crippen LogP contribution >= 0.6 is 11.8 Å². The van der Waals surface area contributed by atoms with Crippen LogP contribution in [0.3, 0.4) is 0 Å². The smallest absolute Gasteiger partial charge is 0.257 e. The van der Waals surface area contributed by atoms with Crippen LogP contribution in [0.15, 0.2) is 51.8 Å². The molecule has 10 heteroatoms. The second-order valence-corrected chi connectivity index (χ2v) is 9.65. The van der Waals surface area contributed by atoms with Crippen LogP contribution in [0.5, 0.6) is 0 Å². The van der Waals surface area contributed by atoms with E-state index in [0.29, 0.717) is 35.1 Å². The van der Waals surface area contributed by atoms with Crippen LogP contribution in [0.25, 0.3) is 0 Å². The van der Waals surface area contributed by atoms with Gasteiger partial charge in [-0.2, -0.15) is 0 Å². The molecule has 8 nitrogen and oxygen atoms in total. The highest BCUT2D eigenvalue weighted by Crippen LogP contribution is 2.42. The standard InChI is InChI=1S/C20H20N4O4S2/c1-2-9-21-18(25)13-3-6-15(7-4-13)22-19(26)14-5-8-16-17(12-14)29-20-23-30(27,28)11-10-24(16)20/h3-8,12H,2,9-11H2,1H3,(H,21,25)(H,22,26). The molecule has 2 aromatic carbocycles. The Morgan fingerprint density at radius 2 is 1.83 bits per heavy atom. The van der Waals surface area contributed by atoms with Crippen molar-refractivity contribution < 1.29 is 18.0 Å². The quantitative estimate of drug-likeness (QED) is 0.734. The number of anilines is 2. The van der Waals surface area contributed by atoms with Crippen molar-refractivity contribution >= 4 is 50.1 Å². The molecule has 156 valence electrons. The van der Waals surface area contributed by atoms with Gasteiger partial charge in [-0.05, 0) is 60.6 Å². The molecule has 30 heavy (non-hydrogen) atoms. The Balaban J connectivity index is 1.46. The lowest BCUT2D eigenvalue weighted by atomic mass is 10.1. The number of amides is 2. The Hall–Kier alpha value is -2.85. The number of carbonyl (C=O) groups is 2. The zero-order valence-electron chi connectivity index (χ0n) is 16.2. The fraction of sp³-hybridized carbons (Fsp3) is 0.250. The van der Waals surface area contributed by atoms with E-state index >= 15 is 0 Å². The maximum absolute atomic E-state index is 12.7. The van der Waals surface area contributed by atoms with Crippen LogP contribution in [0, 0.1) is 0 Å². The molecule has 0 fully saturated rings. The van der Waals surface area contributed by atoms with Crippen molar-refractivity contribution in [3.8, 4) is 0 Å². The van der Waals surface area contributed by atoms with Gasteiger partial charge in [-0.15, -0.1) is 4.40 Å². The molecule has 0 atom stereocenters. The SMILES string of the molecule is CCCNC(=O)c1ccc(NC(=O)c2ccc3c(c2)SC2=NS(=O)(=O)CCN23)cc1. The first-order chi connectivity index (χ1) is 14.4. The van der Waals surface area contributed by atoms with Gasteiger partial charge in [0.15, 0.2) is 5.17 Å². The third-order valence-corrected chi connectivity index (χ3v) is 6.98. The fourth-order valence-electron chi connectivity index (χ4n) is 3.12. The van der Waals surface area contributed by atoms with E-state index in [1.54, 1.807) is 42.5 Å². The summed E-state index contributed by atoms with van der Waals surface area (Å²) in [6.45, 7) is 2.95. The second-order valence-electron chi connectivity index (χ2n) is 6.88. The van der Waals surface area contributed by atoms with E-state index in [-0.39, 0.29) is 17.6 Å². The average Bonchev–Trinajstić information content (AvgIpc) is 3.07. The van der Waals surface area contributed by atoms with Crippen LogP contribution in [0.4, 0.5) is 11.4 Å². The largest absolute Gasteiger partial charge is 0.352 e. The van der Waals surface area contributed by atoms with Crippen LogP contribution in [0.2, 0.25) is 0 Å². The number of hydrogen-bond acceptors (Lipinski definition) is 6. The van der Waals surface area contributed by atoms with E-state index in [9.17, 15) is 18.0 Å². The van der Waals surface area contributed by atoms with E-state index in [1.165, 1.54) is 11.8 Å². The van der Waals surface area contributed by atoms with Crippen molar-refractivity contribution in [3.63, 3.8) is 0 Å². The van der Waals surface area contributed by atoms with Gasteiger partial charge in [0, 0.05) is 34.8 Å². The van der Waals surface area contributed by atoms with E-state index in [4.69, 9.17) is 0 Å². The minimum atomic E-state index is -3.42. The zero-order valence-corrected chi connectivity index (χ0v) is 17.8. The average molecular weight is 445 g/mol. The Bertz CT molecular complexity index is 1140. The van der Waals surface area contributed by atoms with E-state index in [0.717, 1.165) is 17.0 Å². The molecule has 2 N–H and O–H groups in total. The molecular weight excluding hydrogens is 424 g/mol. The summed E-state index contributed by atoms with van der Waals surface area (Å²) in [6.07, 6.45) is 0.861. The highest BCUT2D eigenvalue weighted by atomic mass is 32.2. The molecule has 4 rings (SSSR count). The number of thioether (sulfide) groups is 1. The zero-order chi connectivity index (χ0) is 21.3. The molecule has 0 bridgehead atoms. The predicted molar refractivity (Wildman–Crippen MR) is 118 cm³/mol. The highest BCUT2D eigenvalue weighted by molar-refractivity contribution is 8.15. The first-order valence-corrected chi connectivity index (χ1v) is 11.9. The third-order valence-electron chi connectivity index (χ3n) is 4.68. The normalized spacial score (nSPS) is 16.3. The summed E-state index contributed by atoms with van der Waals surface area (Å²) in [5.41, 5.74) is 2.41. The van der Waals surface area contributed by atoms with Crippen LogP contribution in [-0.2, 0) is 10.0 Å². The number of fused-ring (bicyclic) bond motifs is 3. The van der Waals surface area contributed by atoms with Crippen molar-refractivity contribution in [1.82, 2.24) is 5.32 Å². The first-order valence-electron chi connectivity index (χ1n) is 9.48. The number of nitrogens with one attached hydrogen (secondary N) is 2. The van der Waals surface area contributed by atoms with Crippen LogP contribution in [-0.4, -0.2) is 44.2 Å². The van der Waals surface area contributed by atoms with Crippen molar-refractivity contribution in [1.29, 1.82) is 0 Å². The number of hydrogen-bond donors (Lipinski definition) is 2. The Morgan fingerprint density at radius 3 is 2.57 bits per heavy atom. The van der Waals surface area contributed by atoms with Gasteiger partial charge in [0.1, 0.15) is 0 Å². The van der Waals surface area contributed by atoms with Crippen LogP contribution < -0.4 is 15.5 Å². The predicted octanol–water partition coefficient (Wildman–Crippen LogP) is 2.69. The van der Waals surface area contributed by atoms with Gasteiger partial charge in [-0.1, -0.05) is 6.92 Å². The Morgan fingerprint density at radius 1 is 1.10 bits per heavy atom. The Labute approximate surface area is 178 Å². The maximum Gasteiger partial charge on any atom is 0.257 e. The molecule has 0 aromatic heterocycles. The van der Waals surface area contributed by atoms with E-state index in [1.807, 2.05) is 11.8 Å². The number of sulfonamides is 1. The fourth-order valence-corrected chi connectivity index (χ4v) is 5.42. The van der Waals surface area contributed by atoms with Gasteiger partial charge in [0.05, 0.1) is 11.4 Å². The number of rotatable bonds is 5. The second kappa shape index (κ2) is 8.11. The molecular formula is C20H20N4O4S2. The first kappa shape index (κ1) is 20.4. The van der Waals surface area contributed by atoms with Crippen molar-refractivity contribution in [2.45, 2.75) is 18.2 Å². The highest BCUT2D eigenvalue weighted by Gasteiger charge is 2.33. The number of nitrogens with zero attached hydrogens (tertiary/aromatic N) is 2. The number of carbonyl (C=O) groups excluding carboxylic acids is 2. The van der Waals surface area contributed by atoms with Crippen LogP contribution in [0.1, 0.15) is 34.1 Å². The molecule has 0 unspecified atom stereocenters. The molecule has 0 saturated heterocycles. The van der Waals surface area contributed by atoms with E-state index in [2.05, 4.69) is 15.0 Å². The third kappa shape index (κ3) is 4.19. The summed E-state index contributed by atoms with van der Waals surface area (Å²) in [5.74, 6) is -0.460. The minimum absolute atomic E-state index is 0.0226. The summed E-state index contributed by atoms with van der Waals surface area (Å²) < 4.78 is 27.3. The summed E-state index contributed by atoms with van der Waals surface area (Å²) >= 11 is 1.24. The molecule has 0 saturated carbocycles. The molecule has 2 amide bonds.